The standard InChI is InChI=1S/C12H13F3N2O2.ClH/c13-12(14,15)10-2-1-8(6-17-10)9-5-7(11(18)19)3-4-16-9;/h1-2,6-7,9,16H,3-5H2,(H,18,19);1H. The molecule has 0 aromatic carbocycles. The Morgan fingerprint density at radius 3 is 2.60 bits per heavy atom. The number of hydrogen-bond acceptors (Lipinski definition) is 3. The zero-order chi connectivity index (χ0) is 14.0. The summed E-state index contributed by atoms with van der Waals surface area (Å²) in [5.74, 6) is -1.33. The molecule has 2 unspecified atom stereocenters. The molecule has 1 fully saturated rings. The van der Waals surface area contributed by atoms with Crippen molar-refractivity contribution in [2.75, 3.05) is 6.54 Å². The van der Waals surface area contributed by atoms with Crippen LogP contribution in [0.3, 0.4) is 0 Å². The number of halogens is 4. The van der Waals surface area contributed by atoms with Crippen LogP contribution in [0.2, 0.25) is 0 Å². The van der Waals surface area contributed by atoms with Crippen LogP contribution in [0, 0.1) is 5.92 Å². The molecule has 20 heavy (non-hydrogen) atoms. The highest BCUT2D eigenvalue weighted by Crippen LogP contribution is 2.30. The van der Waals surface area contributed by atoms with Crippen molar-refractivity contribution < 1.29 is 23.1 Å². The molecule has 1 aromatic heterocycles. The monoisotopic (exact) mass is 310 g/mol. The molecule has 0 aliphatic carbocycles. The maximum absolute atomic E-state index is 12.4. The fourth-order valence-electron chi connectivity index (χ4n) is 2.17. The molecule has 1 aliphatic rings. The molecule has 2 heterocycles. The number of carbonyl (C=O) groups is 1. The predicted octanol–water partition coefficient (Wildman–Crippen LogP) is 2.65. The van der Waals surface area contributed by atoms with Crippen LogP contribution >= 0.6 is 12.4 Å². The average molecular weight is 311 g/mol. The molecule has 0 saturated carbocycles. The van der Waals surface area contributed by atoms with Crippen LogP contribution in [0.1, 0.15) is 30.1 Å². The average Bonchev–Trinajstić information content (AvgIpc) is 2.38. The number of piperidine rings is 1. The first-order valence-corrected chi connectivity index (χ1v) is 5.87. The zero-order valence-electron chi connectivity index (χ0n) is 10.4. The van der Waals surface area contributed by atoms with Gasteiger partial charge in [-0.3, -0.25) is 9.78 Å². The van der Waals surface area contributed by atoms with E-state index in [4.69, 9.17) is 5.11 Å². The molecule has 2 rings (SSSR count). The SMILES string of the molecule is Cl.O=C(O)C1CCNC(c2ccc(C(F)(F)F)nc2)C1. The van der Waals surface area contributed by atoms with Gasteiger partial charge in [0.2, 0.25) is 0 Å². The molecular formula is C12H14ClF3N2O2. The third kappa shape index (κ3) is 3.83. The van der Waals surface area contributed by atoms with Gasteiger partial charge in [-0.25, -0.2) is 0 Å². The highest BCUT2D eigenvalue weighted by Gasteiger charge is 2.33. The minimum Gasteiger partial charge on any atom is -0.481 e. The van der Waals surface area contributed by atoms with Crippen LogP contribution in [0.15, 0.2) is 18.3 Å². The summed E-state index contributed by atoms with van der Waals surface area (Å²) in [6, 6.07) is 2.00. The Kier molecular flexibility index (Phi) is 5.35. The van der Waals surface area contributed by atoms with Crippen LogP contribution in [-0.4, -0.2) is 22.6 Å². The maximum atomic E-state index is 12.4. The molecule has 4 nitrogen and oxygen atoms in total. The number of nitrogens with zero attached hydrogens (tertiary/aromatic N) is 1. The first-order chi connectivity index (χ1) is 8.88. The molecule has 8 heteroatoms. The smallest absolute Gasteiger partial charge is 0.433 e. The largest absolute Gasteiger partial charge is 0.481 e. The summed E-state index contributed by atoms with van der Waals surface area (Å²) in [7, 11) is 0. The van der Waals surface area contributed by atoms with Crippen molar-refractivity contribution in [2.24, 2.45) is 5.92 Å². The summed E-state index contributed by atoms with van der Waals surface area (Å²) < 4.78 is 37.1. The van der Waals surface area contributed by atoms with Crippen LogP contribution < -0.4 is 5.32 Å². The van der Waals surface area contributed by atoms with E-state index in [0.29, 0.717) is 24.9 Å². The third-order valence-electron chi connectivity index (χ3n) is 3.23. The van der Waals surface area contributed by atoms with Gasteiger partial charge in [0.25, 0.3) is 0 Å². The molecule has 1 saturated heterocycles. The van der Waals surface area contributed by atoms with Gasteiger partial charge in [-0.2, -0.15) is 13.2 Å². The summed E-state index contributed by atoms with van der Waals surface area (Å²) >= 11 is 0. The van der Waals surface area contributed by atoms with Crippen molar-refractivity contribution in [1.82, 2.24) is 10.3 Å². The molecule has 2 N–H and O–H groups in total. The van der Waals surface area contributed by atoms with Crippen molar-refractivity contribution >= 4 is 18.4 Å². The number of carboxylic acid groups (broad SMARTS) is 1. The molecule has 0 spiro atoms. The van der Waals surface area contributed by atoms with E-state index in [1.165, 1.54) is 6.07 Å². The van der Waals surface area contributed by atoms with Gasteiger partial charge in [0.05, 0.1) is 5.92 Å². The van der Waals surface area contributed by atoms with E-state index in [2.05, 4.69) is 10.3 Å². The first-order valence-electron chi connectivity index (χ1n) is 5.87. The zero-order valence-corrected chi connectivity index (χ0v) is 11.2. The van der Waals surface area contributed by atoms with Crippen LogP contribution in [-0.2, 0) is 11.0 Å². The lowest BCUT2D eigenvalue weighted by Crippen LogP contribution is -2.35. The molecule has 0 radical (unpaired) electrons. The first kappa shape index (κ1) is 16.7. The summed E-state index contributed by atoms with van der Waals surface area (Å²) in [4.78, 5) is 14.3. The Balaban J connectivity index is 0.00000200. The van der Waals surface area contributed by atoms with Crippen molar-refractivity contribution in [2.45, 2.75) is 25.1 Å². The molecule has 1 aromatic rings. The number of aromatic nitrogens is 1. The molecule has 0 amide bonds. The van der Waals surface area contributed by atoms with Gasteiger partial charge in [-0.05, 0) is 31.0 Å². The highest BCUT2D eigenvalue weighted by molar-refractivity contribution is 5.85. The number of pyridine rings is 1. The third-order valence-corrected chi connectivity index (χ3v) is 3.23. The molecule has 0 bridgehead atoms. The van der Waals surface area contributed by atoms with Crippen molar-refractivity contribution in [1.29, 1.82) is 0 Å². The molecular weight excluding hydrogens is 297 g/mol. The molecule has 1 aliphatic heterocycles. The minimum absolute atomic E-state index is 0. The summed E-state index contributed by atoms with van der Waals surface area (Å²) in [5, 5.41) is 12.1. The second-order valence-corrected chi connectivity index (χ2v) is 4.54. The summed E-state index contributed by atoms with van der Waals surface area (Å²) in [6.07, 6.45) is -2.41. The van der Waals surface area contributed by atoms with E-state index in [9.17, 15) is 18.0 Å². The lowest BCUT2D eigenvalue weighted by atomic mass is 9.89. The Hall–Kier alpha value is -1.34. The van der Waals surface area contributed by atoms with E-state index in [0.717, 1.165) is 12.3 Å². The van der Waals surface area contributed by atoms with Crippen molar-refractivity contribution in [3.05, 3.63) is 29.6 Å². The number of rotatable bonds is 2. The summed E-state index contributed by atoms with van der Waals surface area (Å²) in [6.45, 7) is 0.530. The van der Waals surface area contributed by atoms with Gasteiger partial charge in [-0.15, -0.1) is 12.4 Å². The number of nitrogens with one attached hydrogen (secondary N) is 1. The maximum Gasteiger partial charge on any atom is 0.433 e. The van der Waals surface area contributed by atoms with Crippen LogP contribution in [0.25, 0.3) is 0 Å². The second-order valence-electron chi connectivity index (χ2n) is 4.54. The Morgan fingerprint density at radius 2 is 2.10 bits per heavy atom. The van der Waals surface area contributed by atoms with Gasteiger partial charge in [0, 0.05) is 12.2 Å². The van der Waals surface area contributed by atoms with Crippen LogP contribution in [0.4, 0.5) is 13.2 Å². The molecule has 112 valence electrons. The molecule has 2 atom stereocenters. The van der Waals surface area contributed by atoms with Gasteiger partial charge in [0.15, 0.2) is 0 Å². The van der Waals surface area contributed by atoms with E-state index in [1.807, 2.05) is 0 Å². The lowest BCUT2D eigenvalue weighted by Gasteiger charge is -2.28. The Labute approximate surface area is 119 Å². The Bertz CT molecular complexity index is 465. The van der Waals surface area contributed by atoms with Gasteiger partial charge >= 0.3 is 12.1 Å². The van der Waals surface area contributed by atoms with E-state index < -0.39 is 23.8 Å². The Morgan fingerprint density at radius 1 is 1.40 bits per heavy atom. The number of carboxylic acids is 1. The van der Waals surface area contributed by atoms with Gasteiger partial charge in [0.1, 0.15) is 5.69 Å². The quantitative estimate of drug-likeness (QED) is 0.881. The topological polar surface area (TPSA) is 62.2 Å². The van der Waals surface area contributed by atoms with Crippen LogP contribution in [0.5, 0.6) is 0 Å². The van der Waals surface area contributed by atoms with Gasteiger partial charge in [-0.1, -0.05) is 6.07 Å². The normalized spacial score (nSPS) is 22.9. The second kappa shape index (κ2) is 6.41. The van der Waals surface area contributed by atoms with E-state index >= 15 is 0 Å². The van der Waals surface area contributed by atoms with E-state index in [1.54, 1.807) is 0 Å². The summed E-state index contributed by atoms with van der Waals surface area (Å²) in [5.41, 5.74) is -0.360. The number of hydrogen-bond donors (Lipinski definition) is 2. The fraction of sp³-hybridized carbons (Fsp3) is 0.500. The van der Waals surface area contributed by atoms with E-state index in [-0.39, 0.29) is 18.4 Å². The highest BCUT2D eigenvalue weighted by atomic mass is 35.5. The predicted molar refractivity (Wildman–Crippen MR) is 67.6 cm³/mol. The fourth-order valence-corrected chi connectivity index (χ4v) is 2.17. The lowest BCUT2D eigenvalue weighted by molar-refractivity contribution is -0.143. The number of alkyl halides is 3. The van der Waals surface area contributed by atoms with Gasteiger partial charge < -0.3 is 10.4 Å². The minimum atomic E-state index is -4.46. The number of aliphatic carboxylic acids is 1. The van der Waals surface area contributed by atoms with Crippen molar-refractivity contribution in [3.8, 4) is 0 Å². The van der Waals surface area contributed by atoms with Crippen molar-refractivity contribution in [3.63, 3.8) is 0 Å².